The van der Waals surface area contributed by atoms with Crippen molar-refractivity contribution in [3.8, 4) is 0 Å². The van der Waals surface area contributed by atoms with Gasteiger partial charge in [-0.2, -0.15) is 0 Å². The van der Waals surface area contributed by atoms with E-state index < -0.39 is 0 Å². The molecular formula is C12H11ClO. The highest BCUT2D eigenvalue weighted by Gasteiger charge is 2.16. The molecule has 14 heavy (non-hydrogen) atoms. The fourth-order valence-electron chi connectivity index (χ4n) is 1.50. The second-order valence-corrected chi connectivity index (χ2v) is 3.72. The first-order valence-corrected chi connectivity index (χ1v) is 4.90. The minimum Gasteiger partial charge on any atom is -0.470 e. The Labute approximate surface area is 88.7 Å². The third-order valence-electron chi connectivity index (χ3n) is 2.34. The average Bonchev–Trinajstić information content (AvgIpc) is 2.56. The molecule has 2 heteroatoms. The summed E-state index contributed by atoms with van der Waals surface area (Å²) >= 11 is 6.06. The fraction of sp³-hybridized carbons (Fsp3) is 0.167. The van der Waals surface area contributed by atoms with Crippen LogP contribution in [0.5, 0.6) is 0 Å². The molecule has 0 spiro atoms. The van der Waals surface area contributed by atoms with Crippen LogP contribution in [0.3, 0.4) is 0 Å². The molecule has 0 radical (unpaired) electrons. The predicted octanol–water partition coefficient (Wildman–Crippen LogP) is 3.56. The summed E-state index contributed by atoms with van der Waals surface area (Å²) in [4.78, 5) is 0. The van der Waals surface area contributed by atoms with Gasteiger partial charge in [-0.15, -0.1) is 0 Å². The van der Waals surface area contributed by atoms with Crippen molar-refractivity contribution < 1.29 is 4.74 Å². The van der Waals surface area contributed by atoms with Crippen LogP contribution in [0.15, 0.2) is 48.9 Å². The Morgan fingerprint density at radius 3 is 2.79 bits per heavy atom. The molecule has 0 amide bonds. The lowest BCUT2D eigenvalue weighted by Crippen LogP contribution is -2.01. The minimum atomic E-state index is 0.259. The molecule has 1 aliphatic heterocycles. The van der Waals surface area contributed by atoms with E-state index in [0.29, 0.717) is 0 Å². The molecule has 1 heterocycles. The lowest BCUT2D eigenvalue weighted by atomic mass is 9.99. The first-order valence-electron chi connectivity index (χ1n) is 4.53. The van der Waals surface area contributed by atoms with Gasteiger partial charge < -0.3 is 4.74 Å². The van der Waals surface area contributed by atoms with Crippen molar-refractivity contribution in [1.82, 2.24) is 0 Å². The number of benzene rings is 1. The Morgan fingerprint density at radius 2 is 2.14 bits per heavy atom. The van der Waals surface area contributed by atoms with Crippen molar-refractivity contribution in [2.24, 2.45) is 5.92 Å². The molecule has 0 fully saturated rings. The standard InChI is InChI=1S/C12H11ClO/c1-9-10(6-7-14-9)8-11-4-2-3-5-12(11)13/h2-7,10H,1,8H2. The highest BCUT2D eigenvalue weighted by Crippen LogP contribution is 2.26. The summed E-state index contributed by atoms with van der Waals surface area (Å²) in [6, 6.07) is 7.85. The molecule has 1 atom stereocenters. The van der Waals surface area contributed by atoms with Crippen molar-refractivity contribution in [2.75, 3.05) is 0 Å². The van der Waals surface area contributed by atoms with E-state index in [2.05, 4.69) is 6.58 Å². The van der Waals surface area contributed by atoms with Crippen LogP contribution >= 0.6 is 11.6 Å². The maximum atomic E-state index is 6.06. The highest BCUT2D eigenvalue weighted by molar-refractivity contribution is 6.31. The van der Waals surface area contributed by atoms with E-state index in [1.165, 1.54) is 0 Å². The number of hydrogen-bond acceptors (Lipinski definition) is 1. The van der Waals surface area contributed by atoms with Crippen LogP contribution in [-0.4, -0.2) is 0 Å². The second kappa shape index (κ2) is 3.89. The van der Waals surface area contributed by atoms with Crippen LogP contribution in [0.1, 0.15) is 5.56 Å². The van der Waals surface area contributed by atoms with E-state index in [0.717, 1.165) is 22.8 Å². The Hall–Kier alpha value is -1.21. The van der Waals surface area contributed by atoms with E-state index in [1.54, 1.807) is 6.26 Å². The Bertz CT molecular complexity index is 382. The summed E-state index contributed by atoms with van der Waals surface area (Å²) in [6.45, 7) is 3.83. The van der Waals surface area contributed by atoms with Gasteiger partial charge in [0.15, 0.2) is 0 Å². The molecule has 0 aromatic heterocycles. The lowest BCUT2D eigenvalue weighted by molar-refractivity contribution is 0.344. The molecule has 0 bridgehead atoms. The van der Waals surface area contributed by atoms with Gasteiger partial charge in [-0.25, -0.2) is 0 Å². The van der Waals surface area contributed by atoms with Crippen LogP contribution in [-0.2, 0) is 11.2 Å². The van der Waals surface area contributed by atoms with E-state index >= 15 is 0 Å². The molecule has 1 aromatic rings. The lowest BCUT2D eigenvalue weighted by Gasteiger charge is -2.09. The SMILES string of the molecule is C=C1OC=CC1Cc1ccccc1Cl. The Balaban J connectivity index is 2.15. The van der Waals surface area contributed by atoms with Crippen LogP contribution < -0.4 is 0 Å². The summed E-state index contributed by atoms with van der Waals surface area (Å²) in [5, 5.41) is 0.806. The molecule has 0 N–H and O–H groups in total. The van der Waals surface area contributed by atoms with E-state index in [-0.39, 0.29) is 5.92 Å². The van der Waals surface area contributed by atoms with Gasteiger partial charge in [0, 0.05) is 10.9 Å². The summed E-state index contributed by atoms with van der Waals surface area (Å²) in [7, 11) is 0. The molecule has 1 aromatic carbocycles. The summed E-state index contributed by atoms with van der Waals surface area (Å²) in [5.41, 5.74) is 1.13. The zero-order valence-electron chi connectivity index (χ0n) is 7.74. The van der Waals surface area contributed by atoms with Crippen LogP contribution in [0, 0.1) is 5.92 Å². The molecule has 1 nitrogen and oxygen atoms in total. The van der Waals surface area contributed by atoms with Gasteiger partial charge in [0.05, 0.1) is 6.26 Å². The molecule has 72 valence electrons. The van der Waals surface area contributed by atoms with Crippen molar-refractivity contribution in [3.05, 3.63) is 59.5 Å². The molecule has 0 saturated carbocycles. The van der Waals surface area contributed by atoms with Gasteiger partial charge in [-0.05, 0) is 24.1 Å². The number of allylic oxidation sites excluding steroid dienone is 1. The molecule has 0 aliphatic carbocycles. The van der Waals surface area contributed by atoms with E-state index in [4.69, 9.17) is 16.3 Å². The van der Waals surface area contributed by atoms with Crippen LogP contribution in [0.2, 0.25) is 5.02 Å². The predicted molar refractivity (Wildman–Crippen MR) is 58.0 cm³/mol. The van der Waals surface area contributed by atoms with Crippen LogP contribution in [0.25, 0.3) is 0 Å². The number of hydrogen-bond donors (Lipinski definition) is 0. The molecule has 2 rings (SSSR count). The molecule has 0 saturated heterocycles. The van der Waals surface area contributed by atoms with Gasteiger partial charge >= 0.3 is 0 Å². The zero-order chi connectivity index (χ0) is 9.97. The van der Waals surface area contributed by atoms with Gasteiger partial charge in [0.25, 0.3) is 0 Å². The zero-order valence-corrected chi connectivity index (χ0v) is 8.50. The Kier molecular flexibility index (Phi) is 2.60. The van der Waals surface area contributed by atoms with Crippen molar-refractivity contribution >= 4 is 11.6 Å². The number of halogens is 1. The highest BCUT2D eigenvalue weighted by atomic mass is 35.5. The fourth-order valence-corrected chi connectivity index (χ4v) is 1.71. The number of ether oxygens (including phenoxy) is 1. The topological polar surface area (TPSA) is 9.23 Å². The summed E-state index contributed by atoms with van der Waals surface area (Å²) < 4.78 is 5.16. The summed E-state index contributed by atoms with van der Waals surface area (Å²) in [5.74, 6) is 1.06. The second-order valence-electron chi connectivity index (χ2n) is 3.31. The van der Waals surface area contributed by atoms with Crippen molar-refractivity contribution in [2.45, 2.75) is 6.42 Å². The number of rotatable bonds is 2. The van der Waals surface area contributed by atoms with Crippen molar-refractivity contribution in [3.63, 3.8) is 0 Å². The quantitative estimate of drug-likeness (QED) is 0.719. The van der Waals surface area contributed by atoms with Crippen molar-refractivity contribution in [1.29, 1.82) is 0 Å². The Morgan fingerprint density at radius 1 is 1.36 bits per heavy atom. The monoisotopic (exact) mass is 206 g/mol. The van der Waals surface area contributed by atoms with Crippen LogP contribution in [0.4, 0.5) is 0 Å². The average molecular weight is 207 g/mol. The maximum absolute atomic E-state index is 6.06. The molecular weight excluding hydrogens is 196 g/mol. The third-order valence-corrected chi connectivity index (χ3v) is 2.71. The van der Waals surface area contributed by atoms with Gasteiger partial charge in [-0.1, -0.05) is 36.4 Å². The summed E-state index contributed by atoms with van der Waals surface area (Å²) in [6.07, 6.45) is 4.55. The van der Waals surface area contributed by atoms with E-state index in [9.17, 15) is 0 Å². The minimum absolute atomic E-state index is 0.259. The van der Waals surface area contributed by atoms with Gasteiger partial charge in [0.2, 0.25) is 0 Å². The first-order chi connectivity index (χ1) is 6.77. The molecule has 1 unspecified atom stereocenters. The van der Waals surface area contributed by atoms with Gasteiger partial charge in [0.1, 0.15) is 5.76 Å². The largest absolute Gasteiger partial charge is 0.470 e. The maximum Gasteiger partial charge on any atom is 0.103 e. The smallest absolute Gasteiger partial charge is 0.103 e. The van der Waals surface area contributed by atoms with Gasteiger partial charge in [-0.3, -0.25) is 0 Å². The first kappa shape index (κ1) is 9.35. The molecule has 1 aliphatic rings. The normalized spacial score (nSPS) is 19.8. The third kappa shape index (κ3) is 1.83. The van der Waals surface area contributed by atoms with E-state index in [1.807, 2.05) is 30.3 Å².